The lowest BCUT2D eigenvalue weighted by Crippen LogP contribution is -2.28. The van der Waals surface area contributed by atoms with Gasteiger partial charge in [-0.15, -0.1) is 0 Å². The summed E-state index contributed by atoms with van der Waals surface area (Å²) in [6.07, 6.45) is 0.628. The molecular weight excluding hydrogens is 544 g/mol. The van der Waals surface area contributed by atoms with Gasteiger partial charge in [0.15, 0.2) is 23.6 Å². The summed E-state index contributed by atoms with van der Waals surface area (Å²) >= 11 is 6.04. The number of pyridine rings is 1. The number of aliphatic hydroxyl groups is 1. The Labute approximate surface area is 228 Å². The first-order valence-corrected chi connectivity index (χ1v) is 14.2. The third-order valence-corrected chi connectivity index (χ3v) is 7.17. The van der Waals surface area contributed by atoms with Gasteiger partial charge in [-0.25, -0.2) is 18.4 Å². The number of anilines is 1. The van der Waals surface area contributed by atoms with Gasteiger partial charge in [0.1, 0.15) is 27.7 Å². The Morgan fingerprint density at radius 2 is 1.90 bits per heavy atom. The van der Waals surface area contributed by atoms with Gasteiger partial charge >= 0.3 is 0 Å². The van der Waals surface area contributed by atoms with Crippen LogP contribution < -0.4 is 15.5 Å². The van der Waals surface area contributed by atoms with Crippen LogP contribution >= 0.6 is 11.6 Å². The number of benzene rings is 2. The van der Waals surface area contributed by atoms with E-state index < -0.39 is 22.3 Å². The van der Waals surface area contributed by atoms with Gasteiger partial charge in [-0.1, -0.05) is 23.7 Å². The number of sulfonamides is 1. The number of fused-ring (bicyclic) bond motifs is 2. The fourth-order valence-electron chi connectivity index (χ4n) is 4.57. The van der Waals surface area contributed by atoms with E-state index in [9.17, 15) is 18.3 Å². The van der Waals surface area contributed by atoms with E-state index in [2.05, 4.69) is 20.0 Å². The van der Waals surface area contributed by atoms with Crippen LogP contribution in [0.3, 0.4) is 0 Å². The second-order valence-electron chi connectivity index (χ2n) is 9.35. The summed E-state index contributed by atoms with van der Waals surface area (Å²) < 4.78 is 37.4. The Kier molecular flexibility index (Phi) is 6.93. The minimum Gasteiger partial charge on any atom is -0.455 e. The molecule has 0 fully saturated rings. The Balaban J connectivity index is 1.64. The van der Waals surface area contributed by atoms with Crippen molar-refractivity contribution in [2.45, 2.75) is 33.0 Å². The molecule has 0 amide bonds. The van der Waals surface area contributed by atoms with Crippen molar-refractivity contribution < 1.29 is 22.4 Å². The lowest BCUT2D eigenvalue weighted by atomic mass is 9.98. The standard InChI is InChI=1S/C27H25ClN4O6S/c1-13-10-17(15(3)30-19-8-9-21(28)31-23(19)27(34)32-39(4,35)36)26-18(11-13)24(33)14(2)25(38-26)16-6-5-7-20-22(16)29-12-37-20/h5-12,15,27,30,32,34H,1-4H3/t15-,27?/m1/s1. The second kappa shape index (κ2) is 10.1. The second-order valence-corrected chi connectivity index (χ2v) is 11.5. The van der Waals surface area contributed by atoms with Crippen molar-refractivity contribution in [2.75, 3.05) is 11.6 Å². The summed E-state index contributed by atoms with van der Waals surface area (Å²) in [5.41, 5.74) is 4.26. The normalized spacial score (nSPS) is 13.6. The largest absolute Gasteiger partial charge is 0.455 e. The average Bonchev–Trinajstić information content (AvgIpc) is 3.35. The lowest BCUT2D eigenvalue weighted by molar-refractivity contribution is 0.162. The molecule has 2 aromatic carbocycles. The molecule has 12 heteroatoms. The van der Waals surface area contributed by atoms with E-state index >= 15 is 0 Å². The number of hydrogen-bond donors (Lipinski definition) is 3. The Morgan fingerprint density at radius 1 is 1.13 bits per heavy atom. The number of aryl methyl sites for hydroxylation is 1. The number of oxazole rings is 1. The molecule has 0 saturated carbocycles. The van der Waals surface area contributed by atoms with E-state index in [4.69, 9.17) is 20.4 Å². The number of aromatic nitrogens is 2. The molecule has 0 saturated heterocycles. The lowest BCUT2D eigenvalue weighted by Gasteiger charge is -2.22. The van der Waals surface area contributed by atoms with Crippen molar-refractivity contribution in [2.24, 2.45) is 0 Å². The molecular formula is C27H25ClN4O6S. The van der Waals surface area contributed by atoms with Gasteiger partial charge in [-0.2, -0.15) is 4.72 Å². The number of halogens is 1. The van der Waals surface area contributed by atoms with Crippen molar-refractivity contribution >= 4 is 49.4 Å². The number of aliphatic hydroxyl groups excluding tert-OH is 1. The van der Waals surface area contributed by atoms with Crippen LogP contribution in [0.15, 0.2) is 62.5 Å². The first kappa shape index (κ1) is 26.8. The third-order valence-electron chi connectivity index (χ3n) is 6.31. The van der Waals surface area contributed by atoms with Gasteiger partial charge < -0.3 is 19.3 Å². The number of para-hydroxylation sites is 1. The van der Waals surface area contributed by atoms with E-state index in [0.717, 1.165) is 11.8 Å². The highest BCUT2D eigenvalue weighted by Gasteiger charge is 2.23. The predicted octanol–water partition coefficient (Wildman–Crippen LogP) is 4.98. The van der Waals surface area contributed by atoms with E-state index in [-0.39, 0.29) is 16.3 Å². The predicted molar refractivity (Wildman–Crippen MR) is 149 cm³/mol. The molecule has 0 aliphatic heterocycles. The van der Waals surface area contributed by atoms with E-state index in [0.29, 0.717) is 50.2 Å². The Bertz CT molecular complexity index is 1900. The van der Waals surface area contributed by atoms with Crippen molar-refractivity contribution in [1.29, 1.82) is 0 Å². The van der Waals surface area contributed by atoms with Crippen LogP contribution in [-0.4, -0.2) is 29.7 Å². The van der Waals surface area contributed by atoms with Crippen LogP contribution in [0.1, 0.15) is 41.6 Å². The van der Waals surface area contributed by atoms with Crippen LogP contribution in [-0.2, 0) is 10.0 Å². The molecule has 0 aliphatic rings. The highest BCUT2D eigenvalue weighted by atomic mass is 35.5. The maximum Gasteiger partial charge on any atom is 0.211 e. The van der Waals surface area contributed by atoms with Crippen molar-refractivity contribution in [1.82, 2.24) is 14.7 Å². The van der Waals surface area contributed by atoms with Gasteiger partial charge in [-0.05, 0) is 56.7 Å². The molecule has 3 heterocycles. The highest BCUT2D eigenvalue weighted by molar-refractivity contribution is 7.88. The minimum absolute atomic E-state index is 0.00701. The smallest absolute Gasteiger partial charge is 0.211 e. The van der Waals surface area contributed by atoms with E-state index in [1.807, 2.05) is 26.0 Å². The summed E-state index contributed by atoms with van der Waals surface area (Å²) in [7, 11) is -3.74. The topological polar surface area (TPSA) is 148 Å². The van der Waals surface area contributed by atoms with Gasteiger partial charge in [0.05, 0.1) is 23.4 Å². The van der Waals surface area contributed by atoms with Crippen molar-refractivity contribution in [3.05, 3.63) is 86.6 Å². The molecule has 0 bridgehead atoms. The van der Waals surface area contributed by atoms with Crippen LogP contribution in [0, 0.1) is 13.8 Å². The van der Waals surface area contributed by atoms with Crippen molar-refractivity contribution in [3.63, 3.8) is 0 Å². The molecule has 5 rings (SSSR count). The third kappa shape index (κ3) is 5.26. The molecule has 0 radical (unpaired) electrons. The summed E-state index contributed by atoms with van der Waals surface area (Å²) in [4.78, 5) is 22.0. The summed E-state index contributed by atoms with van der Waals surface area (Å²) in [5, 5.41) is 14.3. The molecule has 5 aromatic rings. The number of nitrogens with zero attached hydrogens (tertiary/aromatic N) is 2. The zero-order chi connectivity index (χ0) is 28.1. The first-order valence-electron chi connectivity index (χ1n) is 11.9. The fourth-order valence-corrected chi connectivity index (χ4v) is 5.24. The summed E-state index contributed by atoms with van der Waals surface area (Å²) in [6, 6.07) is 11.7. The molecule has 0 aliphatic carbocycles. The monoisotopic (exact) mass is 568 g/mol. The van der Waals surface area contributed by atoms with E-state index in [1.54, 1.807) is 31.2 Å². The SMILES string of the molecule is Cc1cc([C@@H](C)Nc2ccc(Cl)nc2C(O)NS(C)(=O)=O)c2oc(-c3cccc4ocnc34)c(C)c(=O)c2c1. The number of nitrogens with one attached hydrogen (secondary N) is 2. The Morgan fingerprint density at radius 3 is 2.64 bits per heavy atom. The van der Waals surface area contributed by atoms with Gasteiger partial charge in [-0.3, -0.25) is 4.79 Å². The van der Waals surface area contributed by atoms with E-state index in [1.165, 1.54) is 12.5 Å². The first-order chi connectivity index (χ1) is 18.4. The average molecular weight is 569 g/mol. The van der Waals surface area contributed by atoms with Crippen LogP contribution in [0.25, 0.3) is 33.4 Å². The quantitative estimate of drug-likeness (QED) is 0.182. The maximum atomic E-state index is 13.5. The van der Waals surface area contributed by atoms with Gasteiger partial charge in [0.25, 0.3) is 0 Å². The van der Waals surface area contributed by atoms with Gasteiger partial charge in [0, 0.05) is 16.7 Å². The van der Waals surface area contributed by atoms with Crippen LogP contribution in [0.5, 0.6) is 0 Å². The minimum atomic E-state index is -3.74. The summed E-state index contributed by atoms with van der Waals surface area (Å²) in [5.74, 6) is 0.380. The number of rotatable bonds is 7. The molecule has 39 heavy (non-hydrogen) atoms. The van der Waals surface area contributed by atoms with Crippen molar-refractivity contribution in [3.8, 4) is 11.3 Å². The Hall–Kier alpha value is -3.77. The summed E-state index contributed by atoms with van der Waals surface area (Å²) in [6.45, 7) is 5.44. The molecule has 0 spiro atoms. The molecule has 10 nitrogen and oxygen atoms in total. The number of hydrogen-bond acceptors (Lipinski definition) is 9. The molecule has 1 unspecified atom stereocenters. The van der Waals surface area contributed by atoms with Crippen LogP contribution in [0.2, 0.25) is 5.15 Å². The maximum absolute atomic E-state index is 13.5. The van der Waals surface area contributed by atoms with Gasteiger partial charge in [0.2, 0.25) is 10.0 Å². The molecule has 2 atom stereocenters. The molecule has 3 N–H and O–H groups in total. The van der Waals surface area contributed by atoms with Crippen LogP contribution in [0.4, 0.5) is 5.69 Å². The highest BCUT2D eigenvalue weighted by Crippen LogP contribution is 2.35. The fraction of sp³-hybridized carbons (Fsp3) is 0.222. The zero-order valence-corrected chi connectivity index (χ0v) is 23.0. The zero-order valence-electron chi connectivity index (χ0n) is 21.4. The molecule has 3 aromatic heterocycles. The molecule has 202 valence electrons.